The second-order valence-electron chi connectivity index (χ2n) is 4.49. The summed E-state index contributed by atoms with van der Waals surface area (Å²) < 4.78 is 4.92. The summed E-state index contributed by atoms with van der Waals surface area (Å²) in [4.78, 5) is 18.7. The number of carboxylic acid groups (broad SMARTS) is 1. The Bertz CT molecular complexity index is 607. The van der Waals surface area contributed by atoms with Crippen LogP contribution in [0, 0.1) is 6.92 Å². The molecule has 0 saturated carbocycles. The number of hydrogen-bond acceptors (Lipinski definition) is 6. The minimum Gasteiger partial charge on any atom is -0.480 e. The molecule has 1 unspecified atom stereocenters. The van der Waals surface area contributed by atoms with Gasteiger partial charge in [0.2, 0.25) is 5.89 Å². The van der Waals surface area contributed by atoms with E-state index in [-0.39, 0.29) is 0 Å². The van der Waals surface area contributed by atoms with Crippen LogP contribution in [0.1, 0.15) is 28.2 Å². The molecule has 100 valence electrons. The standard InChI is InChI=1S/C12H13N3O3S/c1-7-13-10(14-18-7)6-15-4-2-9-8(3-5-19-9)11(15)12(16)17/h3,5,11H,2,4,6H2,1H3,(H,16,17). The lowest BCUT2D eigenvalue weighted by molar-refractivity contribution is -0.144. The first kappa shape index (κ1) is 12.3. The van der Waals surface area contributed by atoms with Gasteiger partial charge in [-0.25, -0.2) is 0 Å². The second kappa shape index (κ2) is 4.75. The van der Waals surface area contributed by atoms with E-state index in [0.717, 1.165) is 16.9 Å². The summed E-state index contributed by atoms with van der Waals surface area (Å²) in [6.45, 7) is 2.81. The zero-order valence-corrected chi connectivity index (χ0v) is 11.2. The number of rotatable bonds is 3. The molecule has 0 bridgehead atoms. The van der Waals surface area contributed by atoms with E-state index in [1.807, 2.05) is 16.3 Å². The van der Waals surface area contributed by atoms with Crippen LogP contribution in [0.25, 0.3) is 0 Å². The molecule has 0 aromatic carbocycles. The van der Waals surface area contributed by atoms with Gasteiger partial charge in [0.15, 0.2) is 5.82 Å². The Morgan fingerprint density at radius 2 is 2.53 bits per heavy atom. The average molecular weight is 279 g/mol. The molecule has 7 heteroatoms. The number of aryl methyl sites for hydroxylation is 1. The van der Waals surface area contributed by atoms with E-state index in [2.05, 4.69) is 10.1 Å². The molecule has 0 fully saturated rings. The SMILES string of the molecule is Cc1nc(CN2CCc3sccc3C2C(=O)O)no1. The van der Waals surface area contributed by atoms with Crippen LogP contribution in [-0.2, 0) is 17.8 Å². The zero-order valence-electron chi connectivity index (χ0n) is 10.4. The fraction of sp³-hybridized carbons (Fsp3) is 0.417. The fourth-order valence-electron chi connectivity index (χ4n) is 2.42. The van der Waals surface area contributed by atoms with Crippen molar-refractivity contribution in [3.8, 4) is 0 Å². The number of fused-ring (bicyclic) bond motifs is 1. The fourth-order valence-corrected chi connectivity index (χ4v) is 3.32. The van der Waals surface area contributed by atoms with Gasteiger partial charge in [-0.3, -0.25) is 9.69 Å². The highest BCUT2D eigenvalue weighted by molar-refractivity contribution is 7.10. The second-order valence-corrected chi connectivity index (χ2v) is 5.49. The third-order valence-corrected chi connectivity index (χ3v) is 4.21. The van der Waals surface area contributed by atoms with E-state index in [1.165, 1.54) is 0 Å². The largest absolute Gasteiger partial charge is 0.480 e. The van der Waals surface area contributed by atoms with Gasteiger partial charge in [-0.1, -0.05) is 5.16 Å². The van der Waals surface area contributed by atoms with Crippen molar-refractivity contribution in [2.75, 3.05) is 6.54 Å². The Morgan fingerprint density at radius 3 is 3.21 bits per heavy atom. The molecule has 0 aliphatic carbocycles. The Balaban J connectivity index is 1.87. The van der Waals surface area contributed by atoms with Gasteiger partial charge in [-0.15, -0.1) is 11.3 Å². The van der Waals surface area contributed by atoms with Crippen molar-refractivity contribution in [3.05, 3.63) is 33.6 Å². The quantitative estimate of drug-likeness (QED) is 0.919. The average Bonchev–Trinajstić information content (AvgIpc) is 2.97. The van der Waals surface area contributed by atoms with Crippen LogP contribution >= 0.6 is 11.3 Å². The van der Waals surface area contributed by atoms with Crippen molar-refractivity contribution < 1.29 is 14.4 Å². The van der Waals surface area contributed by atoms with Crippen LogP contribution in [0.4, 0.5) is 0 Å². The van der Waals surface area contributed by atoms with Gasteiger partial charge < -0.3 is 9.63 Å². The Hall–Kier alpha value is -1.73. The summed E-state index contributed by atoms with van der Waals surface area (Å²) in [5.41, 5.74) is 0.893. The third-order valence-electron chi connectivity index (χ3n) is 3.21. The van der Waals surface area contributed by atoms with Crippen LogP contribution in [0.5, 0.6) is 0 Å². The molecule has 0 spiro atoms. The molecule has 2 aromatic rings. The molecular formula is C12H13N3O3S. The van der Waals surface area contributed by atoms with Gasteiger partial charge in [0.1, 0.15) is 6.04 Å². The van der Waals surface area contributed by atoms with Crippen LogP contribution in [0.2, 0.25) is 0 Å². The molecule has 3 rings (SSSR count). The monoisotopic (exact) mass is 279 g/mol. The van der Waals surface area contributed by atoms with Crippen molar-refractivity contribution in [1.29, 1.82) is 0 Å². The highest BCUT2D eigenvalue weighted by Gasteiger charge is 2.34. The maximum absolute atomic E-state index is 11.5. The van der Waals surface area contributed by atoms with Crippen molar-refractivity contribution in [1.82, 2.24) is 15.0 Å². The minimum absolute atomic E-state index is 0.392. The summed E-state index contributed by atoms with van der Waals surface area (Å²) in [7, 11) is 0. The van der Waals surface area contributed by atoms with E-state index in [1.54, 1.807) is 18.3 Å². The van der Waals surface area contributed by atoms with Crippen molar-refractivity contribution in [3.63, 3.8) is 0 Å². The molecule has 1 aliphatic rings. The smallest absolute Gasteiger partial charge is 0.325 e. The third kappa shape index (κ3) is 2.26. The van der Waals surface area contributed by atoms with Crippen LogP contribution < -0.4 is 0 Å². The van der Waals surface area contributed by atoms with Gasteiger partial charge in [-0.2, -0.15) is 4.98 Å². The number of nitrogens with zero attached hydrogens (tertiary/aromatic N) is 3. The lowest BCUT2D eigenvalue weighted by Crippen LogP contribution is -2.38. The highest BCUT2D eigenvalue weighted by Crippen LogP contribution is 2.34. The molecule has 0 radical (unpaired) electrons. The molecule has 3 heterocycles. The molecule has 1 N–H and O–H groups in total. The predicted molar refractivity (Wildman–Crippen MR) is 67.8 cm³/mol. The van der Waals surface area contributed by atoms with E-state index >= 15 is 0 Å². The molecule has 1 aliphatic heterocycles. The molecule has 2 aromatic heterocycles. The molecular weight excluding hydrogens is 266 g/mol. The molecule has 0 amide bonds. The van der Waals surface area contributed by atoms with Crippen LogP contribution in [0.3, 0.4) is 0 Å². The van der Waals surface area contributed by atoms with Gasteiger partial charge in [0.25, 0.3) is 0 Å². The number of thiophene rings is 1. The lowest BCUT2D eigenvalue weighted by Gasteiger charge is -2.31. The van der Waals surface area contributed by atoms with E-state index in [4.69, 9.17) is 4.52 Å². The molecule has 1 atom stereocenters. The predicted octanol–water partition coefficient (Wildman–Crippen LogP) is 1.62. The Labute approximate surface area is 113 Å². The summed E-state index contributed by atoms with van der Waals surface area (Å²) >= 11 is 1.62. The summed E-state index contributed by atoms with van der Waals surface area (Å²) in [6.07, 6.45) is 0.869. The van der Waals surface area contributed by atoms with E-state index < -0.39 is 12.0 Å². The summed E-state index contributed by atoms with van der Waals surface area (Å²) in [6, 6.07) is 1.28. The molecule has 0 saturated heterocycles. The van der Waals surface area contributed by atoms with Gasteiger partial charge in [0.05, 0.1) is 6.54 Å². The Kier molecular flexibility index (Phi) is 3.08. The maximum Gasteiger partial charge on any atom is 0.325 e. The van der Waals surface area contributed by atoms with Gasteiger partial charge in [0, 0.05) is 18.3 Å². The van der Waals surface area contributed by atoms with Gasteiger partial charge >= 0.3 is 5.97 Å². The van der Waals surface area contributed by atoms with Crippen molar-refractivity contribution >= 4 is 17.3 Å². The topological polar surface area (TPSA) is 79.5 Å². The van der Waals surface area contributed by atoms with Gasteiger partial charge in [-0.05, 0) is 23.4 Å². The maximum atomic E-state index is 11.5. The zero-order chi connectivity index (χ0) is 13.4. The minimum atomic E-state index is -0.834. The summed E-state index contributed by atoms with van der Waals surface area (Å²) in [5.74, 6) is 0.192. The normalized spacial score (nSPS) is 19.3. The number of carboxylic acids is 1. The highest BCUT2D eigenvalue weighted by atomic mass is 32.1. The molecule has 19 heavy (non-hydrogen) atoms. The summed E-state index contributed by atoms with van der Waals surface area (Å²) in [5, 5.41) is 15.2. The number of carbonyl (C=O) groups is 1. The van der Waals surface area contributed by atoms with Crippen molar-refractivity contribution in [2.24, 2.45) is 0 Å². The first-order chi connectivity index (χ1) is 9.15. The number of aromatic nitrogens is 2. The van der Waals surface area contributed by atoms with E-state index in [0.29, 0.717) is 24.8 Å². The van der Waals surface area contributed by atoms with E-state index in [9.17, 15) is 9.90 Å². The lowest BCUT2D eigenvalue weighted by atomic mass is 10.00. The first-order valence-corrected chi connectivity index (χ1v) is 6.85. The molecule has 6 nitrogen and oxygen atoms in total. The Morgan fingerprint density at radius 1 is 1.68 bits per heavy atom. The number of hydrogen-bond donors (Lipinski definition) is 1. The van der Waals surface area contributed by atoms with Crippen molar-refractivity contribution in [2.45, 2.75) is 25.9 Å². The van der Waals surface area contributed by atoms with Crippen LogP contribution in [0.15, 0.2) is 16.0 Å². The number of aliphatic carboxylic acids is 1. The first-order valence-electron chi connectivity index (χ1n) is 5.97. The van der Waals surface area contributed by atoms with Crippen LogP contribution in [-0.4, -0.2) is 32.7 Å².